The highest BCUT2D eigenvalue weighted by Gasteiger charge is 2.06. The molecule has 0 radical (unpaired) electrons. The van der Waals surface area contributed by atoms with E-state index in [-0.39, 0.29) is 5.78 Å². The third-order valence-electron chi connectivity index (χ3n) is 2.30. The molecule has 0 aliphatic rings. The predicted octanol–water partition coefficient (Wildman–Crippen LogP) is 2.93. The molecule has 0 saturated heterocycles. The summed E-state index contributed by atoms with van der Waals surface area (Å²) >= 11 is 6.09. The second-order valence-corrected chi connectivity index (χ2v) is 4.16. The topological polar surface area (TPSA) is 42.9 Å². The van der Waals surface area contributed by atoms with E-state index in [9.17, 15) is 4.79 Å². The van der Waals surface area contributed by atoms with E-state index in [4.69, 9.17) is 11.6 Å². The molecule has 2 aromatic rings. The van der Waals surface area contributed by atoms with Gasteiger partial charge < -0.3 is 0 Å². The van der Waals surface area contributed by atoms with E-state index in [1.807, 2.05) is 24.3 Å². The summed E-state index contributed by atoms with van der Waals surface area (Å²) in [6.45, 7) is 1.54. The molecule has 0 unspecified atom stereocenters. The number of benzene rings is 1. The highest BCUT2D eigenvalue weighted by molar-refractivity contribution is 6.33. The molecule has 0 amide bonds. The Hall–Kier alpha value is -1.74. The van der Waals surface area contributed by atoms with Crippen molar-refractivity contribution in [3.8, 4) is 11.3 Å². The van der Waals surface area contributed by atoms with Gasteiger partial charge in [0.15, 0.2) is 0 Å². The van der Waals surface area contributed by atoms with E-state index in [2.05, 4.69) is 9.97 Å². The number of aromatic nitrogens is 2. The molecule has 1 heterocycles. The molecule has 0 bridgehead atoms. The number of hydrogen-bond acceptors (Lipinski definition) is 3. The Balaban J connectivity index is 2.40. The van der Waals surface area contributed by atoms with Gasteiger partial charge in [0.05, 0.1) is 11.4 Å². The van der Waals surface area contributed by atoms with E-state index in [0.717, 1.165) is 11.3 Å². The Kier molecular flexibility index (Phi) is 3.49. The summed E-state index contributed by atoms with van der Waals surface area (Å²) in [4.78, 5) is 19.3. The van der Waals surface area contributed by atoms with Crippen LogP contribution in [0.25, 0.3) is 11.3 Å². The van der Waals surface area contributed by atoms with E-state index >= 15 is 0 Å². The Morgan fingerprint density at radius 2 is 2.06 bits per heavy atom. The van der Waals surface area contributed by atoms with Crippen molar-refractivity contribution >= 4 is 17.4 Å². The lowest BCUT2D eigenvalue weighted by atomic mass is 10.1. The summed E-state index contributed by atoms with van der Waals surface area (Å²) in [6, 6.07) is 9.26. The van der Waals surface area contributed by atoms with Crippen LogP contribution in [0.4, 0.5) is 0 Å². The van der Waals surface area contributed by atoms with Gasteiger partial charge in [-0.05, 0) is 19.1 Å². The molecule has 17 heavy (non-hydrogen) atoms. The summed E-state index contributed by atoms with van der Waals surface area (Å²) in [5.74, 6) is 0.0776. The maximum atomic E-state index is 11.0. The standard InChI is InChI=1S/C13H11ClN2O/c1-9(17)6-10-7-13(16-8-15-10)11-4-2-3-5-12(11)14/h2-5,7-8H,6H2,1H3. The van der Waals surface area contributed by atoms with Gasteiger partial charge in [-0.1, -0.05) is 29.8 Å². The first-order valence-electron chi connectivity index (χ1n) is 5.22. The maximum absolute atomic E-state index is 11.0. The summed E-state index contributed by atoms with van der Waals surface area (Å²) in [7, 11) is 0. The lowest BCUT2D eigenvalue weighted by Gasteiger charge is -2.04. The monoisotopic (exact) mass is 246 g/mol. The predicted molar refractivity (Wildman–Crippen MR) is 66.9 cm³/mol. The number of carbonyl (C=O) groups excluding carboxylic acids is 1. The van der Waals surface area contributed by atoms with Gasteiger partial charge in [-0.2, -0.15) is 0 Å². The highest BCUT2D eigenvalue weighted by atomic mass is 35.5. The number of nitrogens with zero attached hydrogens (tertiary/aromatic N) is 2. The third kappa shape index (κ3) is 2.88. The molecule has 1 aromatic carbocycles. The normalized spacial score (nSPS) is 10.2. The molecule has 0 fully saturated rings. The van der Waals surface area contributed by atoms with Crippen molar-refractivity contribution in [2.45, 2.75) is 13.3 Å². The zero-order valence-corrected chi connectivity index (χ0v) is 10.1. The number of ketones is 1. The van der Waals surface area contributed by atoms with Gasteiger partial charge in [0.1, 0.15) is 12.1 Å². The maximum Gasteiger partial charge on any atom is 0.135 e. The third-order valence-corrected chi connectivity index (χ3v) is 2.63. The molecule has 0 saturated carbocycles. The molecular formula is C13H11ClN2O. The molecule has 0 aliphatic carbocycles. The Morgan fingerprint density at radius 1 is 1.29 bits per heavy atom. The van der Waals surface area contributed by atoms with Crippen molar-refractivity contribution in [1.82, 2.24) is 9.97 Å². The number of halogens is 1. The first-order chi connectivity index (χ1) is 8.16. The summed E-state index contributed by atoms with van der Waals surface area (Å²) < 4.78 is 0. The van der Waals surface area contributed by atoms with Crippen LogP contribution in [-0.4, -0.2) is 15.8 Å². The smallest absolute Gasteiger partial charge is 0.135 e. The number of carbonyl (C=O) groups is 1. The van der Waals surface area contributed by atoms with Crippen molar-refractivity contribution < 1.29 is 4.79 Å². The minimum Gasteiger partial charge on any atom is -0.300 e. The largest absolute Gasteiger partial charge is 0.300 e. The Bertz CT molecular complexity index is 555. The Morgan fingerprint density at radius 3 is 2.76 bits per heavy atom. The summed E-state index contributed by atoms with van der Waals surface area (Å²) in [6.07, 6.45) is 1.77. The lowest BCUT2D eigenvalue weighted by Crippen LogP contribution is -2.00. The zero-order valence-electron chi connectivity index (χ0n) is 9.35. The van der Waals surface area contributed by atoms with Crippen molar-refractivity contribution in [2.24, 2.45) is 0 Å². The first-order valence-corrected chi connectivity index (χ1v) is 5.60. The fourth-order valence-corrected chi connectivity index (χ4v) is 1.80. The van der Waals surface area contributed by atoms with E-state index < -0.39 is 0 Å². The fourth-order valence-electron chi connectivity index (χ4n) is 1.57. The van der Waals surface area contributed by atoms with E-state index in [1.165, 1.54) is 13.3 Å². The van der Waals surface area contributed by atoms with Crippen molar-refractivity contribution in [3.63, 3.8) is 0 Å². The first kappa shape index (κ1) is 11.7. The van der Waals surface area contributed by atoms with Crippen LogP contribution in [0.15, 0.2) is 36.7 Å². The van der Waals surface area contributed by atoms with Crippen LogP contribution in [-0.2, 0) is 11.2 Å². The lowest BCUT2D eigenvalue weighted by molar-refractivity contribution is -0.116. The van der Waals surface area contributed by atoms with Crippen LogP contribution in [0.1, 0.15) is 12.6 Å². The number of rotatable bonds is 3. The second kappa shape index (κ2) is 5.06. The molecule has 4 heteroatoms. The van der Waals surface area contributed by atoms with Gasteiger partial charge >= 0.3 is 0 Å². The fraction of sp³-hybridized carbons (Fsp3) is 0.154. The summed E-state index contributed by atoms with van der Waals surface area (Å²) in [5, 5.41) is 0.639. The average Bonchev–Trinajstić information content (AvgIpc) is 2.29. The molecule has 86 valence electrons. The van der Waals surface area contributed by atoms with Crippen molar-refractivity contribution in [1.29, 1.82) is 0 Å². The van der Waals surface area contributed by atoms with Gasteiger partial charge in [-0.3, -0.25) is 4.79 Å². The van der Waals surface area contributed by atoms with Crippen LogP contribution in [0, 0.1) is 0 Å². The average molecular weight is 247 g/mol. The van der Waals surface area contributed by atoms with E-state index in [1.54, 1.807) is 6.07 Å². The van der Waals surface area contributed by atoms with Gasteiger partial charge in [0, 0.05) is 17.0 Å². The second-order valence-electron chi connectivity index (χ2n) is 3.75. The van der Waals surface area contributed by atoms with Crippen molar-refractivity contribution in [2.75, 3.05) is 0 Å². The van der Waals surface area contributed by atoms with Gasteiger partial charge in [0.2, 0.25) is 0 Å². The molecular weight excluding hydrogens is 236 g/mol. The van der Waals surface area contributed by atoms with Crippen molar-refractivity contribution in [3.05, 3.63) is 47.4 Å². The summed E-state index contributed by atoms with van der Waals surface area (Å²) in [5.41, 5.74) is 2.30. The number of hydrogen-bond donors (Lipinski definition) is 0. The van der Waals surface area contributed by atoms with Gasteiger partial charge in [-0.25, -0.2) is 9.97 Å². The highest BCUT2D eigenvalue weighted by Crippen LogP contribution is 2.25. The Labute approximate surface area is 104 Å². The SMILES string of the molecule is CC(=O)Cc1cc(-c2ccccc2Cl)ncn1. The van der Waals surface area contributed by atoms with Crippen LogP contribution in [0.5, 0.6) is 0 Å². The molecule has 0 atom stereocenters. The minimum atomic E-state index is 0.0776. The molecule has 0 N–H and O–H groups in total. The van der Waals surface area contributed by atoms with Gasteiger partial charge in [-0.15, -0.1) is 0 Å². The van der Waals surface area contributed by atoms with Crippen LogP contribution < -0.4 is 0 Å². The van der Waals surface area contributed by atoms with Crippen LogP contribution in [0.3, 0.4) is 0 Å². The quantitative estimate of drug-likeness (QED) is 0.836. The van der Waals surface area contributed by atoms with Gasteiger partial charge in [0.25, 0.3) is 0 Å². The zero-order chi connectivity index (χ0) is 12.3. The van der Waals surface area contributed by atoms with Crippen LogP contribution in [0.2, 0.25) is 5.02 Å². The molecule has 0 aliphatic heterocycles. The molecule has 3 nitrogen and oxygen atoms in total. The number of Topliss-reactive ketones (excluding diaryl/α,β-unsaturated/α-hetero) is 1. The van der Waals surface area contributed by atoms with Crippen LogP contribution >= 0.6 is 11.6 Å². The minimum absolute atomic E-state index is 0.0776. The molecule has 2 rings (SSSR count). The molecule has 1 aromatic heterocycles. The molecule has 0 spiro atoms. The van der Waals surface area contributed by atoms with E-state index in [0.29, 0.717) is 17.1 Å².